The monoisotopic (exact) mass is 499 g/mol. The molecule has 0 saturated heterocycles. The number of fused-ring (bicyclic) bond motifs is 2. The van der Waals surface area contributed by atoms with E-state index in [1.54, 1.807) is 0 Å². The Labute approximate surface area is 209 Å². The van der Waals surface area contributed by atoms with Gasteiger partial charge in [0.15, 0.2) is 5.13 Å². The lowest BCUT2D eigenvalue weighted by Crippen LogP contribution is -2.32. The number of thiazole rings is 1. The van der Waals surface area contributed by atoms with E-state index < -0.39 is 0 Å². The van der Waals surface area contributed by atoms with Crippen LogP contribution < -0.4 is 11.0 Å². The number of hydrogen-bond acceptors (Lipinski definition) is 7. The van der Waals surface area contributed by atoms with Crippen LogP contribution in [0.3, 0.4) is 0 Å². The van der Waals surface area contributed by atoms with E-state index in [1.165, 1.54) is 28.7 Å². The number of anilines is 1. The van der Waals surface area contributed by atoms with Gasteiger partial charge in [0.05, 0.1) is 16.0 Å². The summed E-state index contributed by atoms with van der Waals surface area (Å²) in [7, 11) is 0. The SMILES string of the molecule is CCN(CC)CCCn1c2c(c(SCC(=O)Nc3nc4ccc(C)cc4s3)nc1=O)CCCC2. The van der Waals surface area contributed by atoms with Crippen molar-refractivity contribution in [3.05, 3.63) is 45.5 Å². The third kappa shape index (κ3) is 5.87. The Morgan fingerprint density at radius 2 is 2.00 bits per heavy atom. The molecule has 1 aromatic carbocycles. The maximum atomic E-state index is 12.9. The van der Waals surface area contributed by atoms with E-state index in [1.807, 2.05) is 23.6 Å². The summed E-state index contributed by atoms with van der Waals surface area (Å²) < 4.78 is 2.94. The van der Waals surface area contributed by atoms with Gasteiger partial charge in [0.1, 0.15) is 5.03 Å². The van der Waals surface area contributed by atoms with Crippen LogP contribution in [0.5, 0.6) is 0 Å². The first kappa shape index (κ1) is 24.9. The first-order valence-corrected chi connectivity index (χ1v) is 13.9. The first-order chi connectivity index (χ1) is 16.5. The second-order valence-electron chi connectivity index (χ2n) is 8.69. The predicted octanol–water partition coefficient (Wildman–Crippen LogP) is 4.50. The summed E-state index contributed by atoms with van der Waals surface area (Å²) in [4.78, 5) is 36.8. The minimum absolute atomic E-state index is 0.129. The van der Waals surface area contributed by atoms with E-state index in [0.717, 1.165) is 78.2 Å². The Morgan fingerprint density at radius 3 is 2.79 bits per heavy atom. The normalized spacial score (nSPS) is 13.4. The van der Waals surface area contributed by atoms with Crippen molar-refractivity contribution in [1.82, 2.24) is 19.4 Å². The molecule has 34 heavy (non-hydrogen) atoms. The molecule has 0 radical (unpaired) electrons. The molecule has 0 atom stereocenters. The summed E-state index contributed by atoms with van der Waals surface area (Å²) in [5.41, 5.74) is 4.14. The van der Waals surface area contributed by atoms with Gasteiger partial charge in [-0.05, 0) is 76.4 Å². The predicted molar refractivity (Wildman–Crippen MR) is 141 cm³/mol. The van der Waals surface area contributed by atoms with Crippen LogP contribution in [-0.4, -0.2) is 50.7 Å². The summed E-state index contributed by atoms with van der Waals surface area (Å²) >= 11 is 2.84. The van der Waals surface area contributed by atoms with Crippen molar-refractivity contribution in [2.75, 3.05) is 30.7 Å². The largest absolute Gasteiger partial charge is 0.348 e. The Balaban J connectivity index is 1.43. The van der Waals surface area contributed by atoms with E-state index in [9.17, 15) is 9.59 Å². The third-order valence-electron chi connectivity index (χ3n) is 6.33. The van der Waals surface area contributed by atoms with Crippen molar-refractivity contribution in [2.24, 2.45) is 0 Å². The minimum Gasteiger partial charge on any atom is -0.304 e. The van der Waals surface area contributed by atoms with E-state index in [0.29, 0.717) is 11.7 Å². The summed E-state index contributed by atoms with van der Waals surface area (Å²) in [6, 6.07) is 6.06. The molecule has 2 heterocycles. The highest BCUT2D eigenvalue weighted by atomic mass is 32.2. The molecule has 4 rings (SSSR count). The topological polar surface area (TPSA) is 80.1 Å². The van der Waals surface area contributed by atoms with E-state index in [2.05, 4.69) is 40.1 Å². The van der Waals surface area contributed by atoms with Gasteiger partial charge >= 0.3 is 5.69 Å². The van der Waals surface area contributed by atoms with Gasteiger partial charge in [0, 0.05) is 17.8 Å². The molecule has 0 bridgehead atoms. The van der Waals surface area contributed by atoms with Crippen molar-refractivity contribution in [3.63, 3.8) is 0 Å². The number of aromatic nitrogens is 3. The van der Waals surface area contributed by atoms with Gasteiger partial charge in [-0.1, -0.05) is 43.0 Å². The molecule has 7 nitrogen and oxygen atoms in total. The van der Waals surface area contributed by atoms with Crippen LogP contribution in [0.1, 0.15) is 49.9 Å². The fourth-order valence-electron chi connectivity index (χ4n) is 4.46. The van der Waals surface area contributed by atoms with Crippen LogP contribution >= 0.6 is 23.1 Å². The number of carbonyl (C=O) groups excluding carboxylic acids is 1. The molecule has 9 heteroatoms. The van der Waals surface area contributed by atoms with Crippen LogP contribution in [0, 0.1) is 6.92 Å². The lowest BCUT2D eigenvalue weighted by atomic mass is 9.97. The van der Waals surface area contributed by atoms with Crippen molar-refractivity contribution >= 4 is 44.4 Å². The van der Waals surface area contributed by atoms with Gasteiger partial charge in [-0.15, -0.1) is 0 Å². The Kier molecular flexibility index (Phi) is 8.39. The molecule has 0 saturated carbocycles. The zero-order valence-corrected chi connectivity index (χ0v) is 21.9. The standard InChI is InChI=1S/C25H33N5O2S2/c1-4-29(5-2)13-8-14-30-20-10-7-6-9-18(20)23(28-25(30)32)33-16-22(31)27-24-26-19-12-11-17(3)15-21(19)34-24/h11-12,15H,4-10,13-14,16H2,1-3H3,(H,26,27,31). The molecule has 1 amide bonds. The highest BCUT2D eigenvalue weighted by molar-refractivity contribution is 8.00. The number of carbonyl (C=O) groups is 1. The quantitative estimate of drug-likeness (QED) is 0.327. The second kappa shape index (κ2) is 11.5. The number of amides is 1. The minimum atomic E-state index is -0.190. The van der Waals surface area contributed by atoms with E-state index >= 15 is 0 Å². The molecule has 0 aliphatic heterocycles. The molecule has 1 N–H and O–H groups in total. The second-order valence-corrected chi connectivity index (χ2v) is 10.7. The lowest BCUT2D eigenvalue weighted by Gasteiger charge is -2.23. The maximum absolute atomic E-state index is 12.9. The van der Waals surface area contributed by atoms with Gasteiger partial charge in [-0.2, -0.15) is 4.98 Å². The highest BCUT2D eigenvalue weighted by Gasteiger charge is 2.21. The molecule has 0 fully saturated rings. The Bertz CT molecular complexity index is 1220. The lowest BCUT2D eigenvalue weighted by molar-refractivity contribution is -0.113. The number of thioether (sulfide) groups is 1. The van der Waals surface area contributed by atoms with Crippen LogP contribution in [0.15, 0.2) is 28.0 Å². The summed E-state index contributed by atoms with van der Waals surface area (Å²) in [6.07, 6.45) is 4.95. The molecule has 2 aromatic heterocycles. The van der Waals surface area contributed by atoms with E-state index in [-0.39, 0.29) is 17.3 Å². The van der Waals surface area contributed by atoms with Crippen molar-refractivity contribution < 1.29 is 4.79 Å². The highest BCUT2D eigenvalue weighted by Crippen LogP contribution is 2.30. The van der Waals surface area contributed by atoms with Gasteiger partial charge in [-0.3, -0.25) is 9.36 Å². The fourth-order valence-corrected chi connectivity index (χ4v) is 6.32. The fraction of sp³-hybridized carbons (Fsp3) is 0.520. The Hall–Kier alpha value is -2.23. The average Bonchev–Trinajstić information content (AvgIpc) is 3.23. The molecular formula is C25H33N5O2S2. The molecule has 1 aliphatic rings. The van der Waals surface area contributed by atoms with Crippen molar-refractivity contribution in [2.45, 2.75) is 64.4 Å². The zero-order valence-electron chi connectivity index (χ0n) is 20.2. The van der Waals surface area contributed by atoms with E-state index in [4.69, 9.17) is 0 Å². The number of hydrogen-bond donors (Lipinski definition) is 1. The van der Waals surface area contributed by atoms with Gasteiger partial charge in [-0.25, -0.2) is 9.78 Å². The first-order valence-electron chi connectivity index (χ1n) is 12.1. The number of nitrogens with zero attached hydrogens (tertiary/aromatic N) is 4. The molecular weight excluding hydrogens is 466 g/mol. The average molecular weight is 500 g/mol. The van der Waals surface area contributed by atoms with Crippen LogP contribution in [-0.2, 0) is 24.2 Å². The van der Waals surface area contributed by atoms with Crippen molar-refractivity contribution in [3.8, 4) is 0 Å². The zero-order chi connectivity index (χ0) is 24.1. The molecule has 0 spiro atoms. The van der Waals surface area contributed by atoms with Crippen molar-refractivity contribution in [1.29, 1.82) is 0 Å². The molecule has 3 aromatic rings. The van der Waals surface area contributed by atoms with Crippen LogP contribution in [0.25, 0.3) is 10.2 Å². The van der Waals surface area contributed by atoms with Gasteiger partial charge in [0.2, 0.25) is 5.91 Å². The summed E-state index contributed by atoms with van der Waals surface area (Å²) in [6.45, 7) is 10.1. The number of aryl methyl sites for hydroxylation is 1. The molecule has 182 valence electrons. The van der Waals surface area contributed by atoms with Gasteiger partial charge in [0.25, 0.3) is 0 Å². The number of rotatable bonds is 10. The number of benzene rings is 1. The third-order valence-corrected chi connectivity index (χ3v) is 8.28. The van der Waals surface area contributed by atoms with Gasteiger partial charge < -0.3 is 10.2 Å². The smallest absolute Gasteiger partial charge is 0.304 e. The van der Waals surface area contributed by atoms with Crippen LogP contribution in [0.2, 0.25) is 0 Å². The Morgan fingerprint density at radius 1 is 1.21 bits per heavy atom. The molecule has 0 unspecified atom stereocenters. The molecule has 1 aliphatic carbocycles. The number of nitrogens with one attached hydrogen (secondary N) is 1. The summed E-state index contributed by atoms with van der Waals surface area (Å²) in [5, 5.41) is 4.23. The summed E-state index contributed by atoms with van der Waals surface area (Å²) in [5.74, 6) is 0.0790. The van der Waals surface area contributed by atoms with Crippen LogP contribution in [0.4, 0.5) is 5.13 Å². The maximum Gasteiger partial charge on any atom is 0.348 e.